The molecule has 21 heavy (non-hydrogen) atoms. The van der Waals surface area contributed by atoms with E-state index >= 15 is 0 Å². The Kier molecular flexibility index (Phi) is 6.65. The zero-order chi connectivity index (χ0) is 15.2. The van der Waals surface area contributed by atoms with Crippen molar-refractivity contribution in [2.24, 2.45) is 5.92 Å². The molecule has 0 bridgehead atoms. The van der Waals surface area contributed by atoms with Crippen LogP contribution in [0.3, 0.4) is 0 Å². The van der Waals surface area contributed by atoms with Crippen molar-refractivity contribution in [1.82, 2.24) is 15.2 Å². The smallest absolute Gasteiger partial charge is 0.109 e. The number of nitrogens with one attached hydrogen (secondary N) is 1. The predicted octanol–water partition coefficient (Wildman–Crippen LogP) is 3.87. The third kappa shape index (κ3) is 4.76. The second-order valence-electron chi connectivity index (χ2n) is 6.37. The van der Waals surface area contributed by atoms with Crippen LogP contribution in [0.5, 0.6) is 0 Å². The Morgan fingerprint density at radius 1 is 1.33 bits per heavy atom. The topological polar surface area (TPSA) is 28.2 Å². The summed E-state index contributed by atoms with van der Waals surface area (Å²) >= 11 is 1.85. The Bertz CT molecular complexity index is 410. The molecule has 2 unspecified atom stereocenters. The summed E-state index contributed by atoms with van der Waals surface area (Å²) in [4.78, 5) is 8.57. The maximum atomic E-state index is 4.57. The van der Waals surface area contributed by atoms with Crippen molar-refractivity contribution >= 4 is 11.3 Å². The van der Waals surface area contributed by atoms with Crippen LogP contribution in [-0.2, 0) is 6.42 Å². The minimum atomic E-state index is 0.374. The number of hydrogen-bond acceptors (Lipinski definition) is 4. The Morgan fingerprint density at radius 3 is 2.62 bits per heavy atom. The van der Waals surface area contributed by atoms with Crippen LogP contribution < -0.4 is 5.32 Å². The number of aryl methyl sites for hydroxylation is 1. The molecule has 1 aromatic heterocycles. The van der Waals surface area contributed by atoms with E-state index in [-0.39, 0.29) is 0 Å². The van der Waals surface area contributed by atoms with Gasteiger partial charge >= 0.3 is 0 Å². The minimum absolute atomic E-state index is 0.374. The molecule has 0 amide bonds. The lowest BCUT2D eigenvalue weighted by Crippen LogP contribution is -2.42. The van der Waals surface area contributed by atoms with Crippen molar-refractivity contribution in [2.45, 2.75) is 65.5 Å². The number of aromatic nitrogens is 1. The highest BCUT2D eigenvalue weighted by Crippen LogP contribution is 2.25. The van der Waals surface area contributed by atoms with Gasteiger partial charge in [-0.15, -0.1) is 11.3 Å². The first-order valence-electron chi connectivity index (χ1n) is 8.57. The first kappa shape index (κ1) is 16.9. The molecule has 1 N–H and O–H groups in total. The second kappa shape index (κ2) is 8.25. The van der Waals surface area contributed by atoms with Crippen molar-refractivity contribution in [3.05, 3.63) is 16.1 Å². The van der Waals surface area contributed by atoms with Crippen molar-refractivity contribution < 1.29 is 0 Å². The molecule has 0 aromatic carbocycles. The molecule has 2 heterocycles. The summed E-state index contributed by atoms with van der Waals surface area (Å²) < 4.78 is 0. The average molecular weight is 310 g/mol. The van der Waals surface area contributed by atoms with Gasteiger partial charge in [-0.1, -0.05) is 13.8 Å². The Balaban J connectivity index is 1.80. The van der Waals surface area contributed by atoms with Crippen molar-refractivity contribution in [3.8, 4) is 0 Å². The quantitative estimate of drug-likeness (QED) is 0.829. The van der Waals surface area contributed by atoms with Crippen molar-refractivity contribution in [2.75, 3.05) is 19.6 Å². The summed E-state index contributed by atoms with van der Waals surface area (Å²) in [5.41, 5.74) is 0. The lowest BCUT2D eigenvalue weighted by molar-refractivity contribution is 0.159. The normalized spacial score (nSPS) is 20.6. The number of likely N-dealkylation sites (tertiary alicyclic amines) is 1. The van der Waals surface area contributed by atoms with Crippen LogP contribution in [0.25, 0.3) is 0 Å². The number of piperidine rings is 1. The van der Waals surface area contributed by atoms with Crippen molar-refractivity contribution in [1.29, 1.82) is 0 Å². The van der Waals surface area contributed by atoms with Crippen LogP contribution in [-0.4, -0.2) is 35.6 Å². The van der Waals surface area contributed by atoms with Gasteiger partial charge in [-0.25, -0.2) is 4.98 Å². The summed E-state index contributed by atoms with van der Waals surface area (Å²) in [5, 5.41) is 5.02. The van der Waals surface area contributed by atoms with Gasteiger partial charge in [-0.05, 0) is 65.1 Å². The molecule has 2 atom stereocenters. The van der Waals surface area contributed by atoms with Crippen LogP contribution in [0.1, 0.15) is 62.9 Å². The summed E-state index contributed by atoms with van der Waals surface area (Å²) in [5.74, 6) is 0.811. The van der Waals surface area contributed by atoms with E-state index in [2.05, 4.69) is 42.9 Å². The summed E-state index contributed by atoms with van der Waals surface area (Å²) in [6.07, 6.45) is 7.07. The highest BCUT2D eigenvalue weighted by molar-refractivity contribution is 7.11. The van der Waals surface area contributed by atoms with Crippen LogP contribution in [0.2, 0.25) is 0 Å². The SMILES string of the molecule is CCCN1CCC(C(C)NC(C)c2ncc(CC)s2)CC1. The fraction of sp³-hybridized carbons (Fsp3) is 0.824. The molecule has 120 valence electrons. The summed E-state index contributed by atoms with van der Waals surface area (Å²) in [6, 6.07) is 0.955. The molecule has 4 heteroatoms. The zero-order valence-corrected chi connectivity index (χ0v) is 14.9. The van der Waals surface area contributed by atoms with E-state index in [9.17, 15) is 0 Å². The van der Waals surface area contributed by atoms with Crippen LogP contribution in [0.4, 0.5) is 0 Å². The number of hydrogen-bond donors (Lipinski definition) is 1. The maximum absolute atomic E-state index is 4.57. The first-order valence-corrected chi connectivity index (χ1v) is 9.38. The van der Waals surface area contributed by atoms with E-state index in [1.165, 1.54) is 48.8 Å². The largest absolute Gasteiger partial charge is 0.305 e. The summed E-state index contributed by atoms with van der Waals surface area (Å²) in [7, 11) is 0. The molecular weight excluding hydrogens is 278 g/mol. The minimum Gasteiger partial charge on any atom is -0.305 e. The molecule has 1 aromatic rings. The van der Waals surface area contributed by atoms with Crippen LogP contribution in [0.15, 0.2) is 6.20 Å². The van der Waals surface area contributed by atoms with Gasteiger partial charge in [0.25, 0.3) is 0 Å². The van der Waals surface area contributed by atoms with Gasteiger partial charge in [0.2, 0.25) is 0 Å². The van der Waals surface area contributed by atoms with Gasteiger partial charge in [-0.2, -0.15) is 0 Å². The maximum Gasteiger partial charge on any atom is 0.109 e. The second-order valence-corrected chi connectivity index (χ2v) is 7.52. The lowest BCUT2D eigenvalue weighted by atomic mass is 9.90. The molecule has 0 aliphatic carbocycles. The van der Waals surface area contributed by atoms with E-state index in [0.29, 0.717) is 12.1 Å². The van der Waals surface area contributed by atoms with E-state index < -0.39 is 0 Å². The fourth-order valence-electron chi connectivity index (χ4n) is 3.28. The number of thiazole rings is 1. The molecule has 1 aliphatic heterocycles. The van der Waals surface area contributed by atoms with E-state index in [1.807, 2.05) is 17.5 Å². The standard InChI is InChI=1S/C17H31N3S/c1-5-9-20-10-7-15(8-11-20)13(3)19-14(4)17-18-12-16(6-2)21-17/h12-15,19H,5-11H2,1-4H3. The Hall–Kier alpha value is -0.450. The first-order chi connectivity index (χ1) is 10.1. The molecule has 0 spiro atoms. The van der Waals surface area contributed by atoms with Gasteiger partial charge in [-0.3, -0.25) is 0 Å². The highest BCUT2D eigenvalue weighted by atomic mass is 32.1. The third-order valence-electron chi connectivity index (χ3n) is 4.68. The third-order valence-corrected chi connectivity index (χ3v) is 6.01. The molecule has 1 saturated heterocycles. The van der Waals surface area contributed by atoms with E-state index in [1.54, 1.807) is 0 Å². The number of rotatable bonds is 7. The average Bonchev–Trinajstić information content (AvgIpc) is 2.97. The Labute approximate surface area is 134 Å². The highest BCUT2D eigenvalue weighted by Gasteiger charge is 2.25. The van der Waals surface area contributed by atoms with E-state index in [0.717, 1.165) is 12.3 Å². The monoisotopic (exact) mass is 309 g/mol. The lowest BCUT2D eigenvalue weighted by Gasteiger charge is -2.35. The molecular formula is C17H31N3S. The van der Waals surface area contributed by atoms with Gasteiger partial charge in [0.05, 0.1) is 6.04 Å². The summed E-state index contributed by atoms with van der Waals surface area (Å²) in [6.45, 7) is 12.9. The molecule has 2 rings (SSSR count). The van der Waals surface area contributed by atoms with Crippen LogP contribution in [0, 0.1) is 5.92 Å². The predicted molar refractivity (Wildman–Crippen MR) is 92.0 cm³/mol. The zero-order valence-electron chi connectivity index (χ0n) is 14.1. The molecule has 0 saturated carbocycles. The van der Waals surface area contributed by atoms with Gasteiger partial charge in [0, 0.05) is 17.1 Å². The van der Waals surface area contributed by atoms with Gasteiger partial charge < -0.3 is 10.2 Å². The van der Waals surface area contributed by atoms with Crippen LogP contribution >= 0.6 is 11.3 Å². The molecule has 1 aliphatic rings. The molecule has 3 nitrogen and oxygen atoms in total. The Morgan fingerprint density at radius 2 is 2.05 bits per heavy atom. The molecule has 1 fully saturated rings. The van der Waals surface area contributed by atoms with Gasteiger partial charge in [0.1, 0.15) is 5.01 Å². The van der Waals surface area contributed by atoms with Crippen molar-refractivity contribution in [3.63, 3.8) is 0 Å². The number of nitrogens with zero attached hydrogens (tertiary/aromatic N) is 2. The fourth-order valence-corrected chi connectivity index (χ4v) is 4.15. The van der Waals surface area contributed by atoms with E-state index in [4.69, 9.17) is 0 Å². The molecule has 0 radical (unpaired) electrons. The van der Waals surface area contributed by atoms with Gasteiger partial charge in [0.15, 0.2) is 0 Å².